The second-order valence-electron chi connectivity index (χ2n) is 6.11. The third kappa shape index (κ3) is 2.92. The molecule has 24 heavy (non-hydrogen) atoms. The van der Waals surface area contributed by atoms with E-state index in [1.165, 1.54) is 0 Å². The van der Waals surface area contributed by atoms with Crippen molar-refractivity contribution in [1.29, 1.82) is 10.5 Å². The normalized spacial score (nSPS) is 35.7. The van der Waals surface area contributed by atoms with Gasteiger partial charge in [0.1, 0.15) is 0 Å². The Morgan fingerprint density at radius 2 is 1.25 bits per heavy atom. The van der Waals surface area contributed by atoms with Crippen molar-refractivity contribution in [2.75, 3.05) is 24.6 Å². The summed E-state index contributed by atoms with van der Waals surface area (Å²) in [5.41, 5.74) is -0.587. The van der Waals surface area contributed by atoms with Crippen LogP contribution in [0.15, 0.2) is 34.3 Å². The highest BCUT2D eigenvalue weighted by atomic mass is 32.2. The molecule has 0 unspecified atom stereocenters. The van der Waals surface area contributed by atoms with Crippen molar-refractivity contribution in [1.82, 2.24) is 9.80 Å². The SMILES string of the molecule is CC1(N2CCS/C2=N/C#N)C=CC(C)(N2CCS/C2=N/C#N)C=C1. The molecule has 0 amide bonds. The van der Waals surface area contributed by atoms with Gasteiger partial charge in [-0.3, -0.25) is 0 Å². The van der Waals surface area contributed by atoms with Gasteiger partial charge in [0.15, 0.2) is 10.3 Å². The smallest absolute Gasteiger partial charge is 0.208 e. The molecular weight excluding hydrogens is 340 g/mol. The van der Waals surface area contributed by atoms with E-state index in [1.54, 1.807) is 23.5 Å². The molecule has 124 valence electrons. The van der Waals surface area contributed by atoms with Gasteiger partial charge in [-0.1, -0.05) is 47.8 Å². The van der Waals surface area contributed by atoms with E-state index in [-0.39, 0.29) is 11.1 Å². The van der Waals surface area contributed by atoms with E-state index in [0.29, 0.717) is 0 Å². The fourth-order valence-electron chi connectivity index (χ4n) is 3.11. The fraction of sp³-hybridized carbons (Fsp3) is 0.500. The van der Waals surface area contributed by atoms with E-state index in [1.807, 2.05) is 12.4 Å². The maximum atomic E-state index is 8.87. The second-order valence-corrected chi connectivity index (χ2v) is 8.23. The van der Waals surface area contributed by atoms with Crippen LogP contribution in [0.4, 0.5) is 0 Å². The van der Waals surface area contributed by atoms with E-state index in [4.69, 9.17) is 10.5 Å². The Kier molecular flexibility index (Phi) is 4.62. The molecule has 0 spiro atoms. The third-order valence-electron chi connectivity index (χ3n) is 4.52. The standard InChI is InChI=1S/C16H18N6S2/c1-15(21-7-9-23-13(21)19-11-17)3-5-16(2,6-4-15)22-8-10-24-14(22)20-12-18/h3-6H,7-10H2,1-2H3/b19-13+,20-14+. The zero-order valence-electron chi connectivity index (χ0n) is 13.6. The first kappa shape index (κ1) is 16.9. The average Bonchev–Trinajstić information content (AvgIpc) is 3.21. The van der Waals surface area contributed by atoms with Crippen LogP contribution in [-0.2, 0) is 0 Å². The molecule has 2 saturated heterocycles. The van der Waals surface area contributed by atoms with E-state index in [9.17, 15) is 0 Å². The number of nitriles is 2. The van der Waals surface area contributed by atoms with Gasteiger partial charge in [-0.05, 0) is 13.8 Å². The van der Waals surface area contributed by atoms with Gasteiger partial charge < -0.3 is 9.80 Å². The predicted octanol–water partition coefficient (Wildman–Crippen LogP) is 2.40. The highest BCUT2D eigenvalue weighted by molar-refractivity contribution is 8.14. The molecule has 0 aromatic heterocycles. The predicted molar refractivity (Wildman–Crippen MR) is 99.5 cm³/mol. The maximum Gasteiger partial charge on any atom is 0.208 e. The van der Waals surface area contributed by atoms with Gasteiger partial charge in [0, 0.05) is 24.6 Å². The van der Waals surface area contributed by atoms with Crippen molar-refractivity contribution >= 4 is 33.9 Å². The summed E-state index contributed by atoms with van der Waals surface area (Å²) in [5, 5.41) is 19.3. The molecule has 6 nitrogen and oxygen atoms in total. The van der Waals surface area contributed by atoms with Crippen molar-refractivity contribution in [2.24, 2.45) is 9.98 Å². The Bertz CT molecular complexity index is 650. The highest BCUT2D eigenvalue weighted by Gasteiger charge is 2.40. The van der Waals surface area contributed by atoms with Crippen LogP contribution in [0.25, 0.3) is 0 Å². The summed E-state index contributed by atoms with van der Waals surface area (Å²) < 4.78 is 0. The van der Waals surface area contributed by atoms with E-state index in [0.717, 1.165) is 34.9 Å². The molecule has 3 aliphatic rings. The number of amidine groups is 2. The quantitative estimate of drug-likeness (QED) is 0.557. The van der Waals surface area contributed by atoms with E-state index >= 15 is 0 Å². The molecule has 0 atom stereocenters. The van der Waals surface area contributed by atoms with Gasteiger partial charge >= 0.3 is 0 Å². The average molecular weight is 358 g/mol. The van der Waals surface area contributed by atoms with Crippen LogP contribution in [0, 0.1) is 22.9 Å². The van der Waals surface area contributed by atoms with Crippen molar-refractivity contribution in [3.63, 3.8) is 0 Å². The number of thioether (sulfide) groups is 2. The van der Waals surface area contributed by atoms with Crippen LogP contribution in [0.2, 0.25) is 0 Å². The van der Waals surface area contributed by atoms with Crippen molar-refractivity contribution in [3.05, 3.63) is 24.3 Å². The van der Waals surface area contributed by atoms with Crippen LogP contribution < -0.4 is 0 Å². The third-order valence-corrected chi connectivity index (χ3v) is 6.44. The Morgan fingerprint density at radius 3 is 1.58 bits per heavy atom. The van der Waals surface area contributed by atoms with Gasteiger partial charge in [-0.25, -0.2) is 0 Å². The molecule has 2 heterocycles. The van der Waals surface area contributed by atoms with E-state index in [2.05, 4.69) is 57.9 Å². The minimum atomic E-state index is -0.294. The van der Waals surface area contributed by atoms with Crippen LogP contribution in [0.1, 0.15) is 13.8 Å². The molecule has 0 aromatic rings. The molecule has 0 saturated carbocycles. The van der Waals surface area contributed by atoms with Gasteiger partial charge in [-0.2, -0.15) is 10.5 Å². The van der Waals surface area contributed by atoms with Crippen LogP contribution in [0.3, 0.4) is 0 Å². The van der Waals surface area contributed by atoms with Crippen LogP contribution in [-0.4, -0.2) is 55.8 Å². The van der Waals surface area contributed by atoms with Crippen molar-refractivity contribution < 1.29 is 0 Å². The first-order chi connectivity index (χ1) is 11.5. The second kappa shape index (κ2) is 6.54. The summed E-state index contributed by atoms with van der Waals surface area (Å²) in [6.07, 6.45) is 12.5. The lowest BCUT2D eigenvalue weighted by atomic mass is 9.85. The van der Waals surface area contributed by atoms with Crippen molar-refractivity contribution in [2.45, 2.75) is 24.9 Å². The van der Waals surface area contributed by atoms with Crippen LogP contribution in [0.5, 0.6) is 0 Å². The molecule has 3 rings (SSSR count). The largest absolute Gasteiger partial charge is 0.337 e. The van der Waals surface area contributed by atoms with Crippen molar-refractivity contribution in [3.8, 4) is 12.4 Å². The molecule has 0 N–H and O–H groups in total. The van der Waals surface area contributed by atoms with Gasteiger partial charge in [0.2, 0.25) is 12.4 Å². The Balaban J connectivity index is 1.85. The number of hydrogen-bond acceptors (Lipinski definition) is 6. The lowest BCUT2D eigenvalue weighted by molar-refractivity contribution is 0.291. The fourth-order valence-corrected chi connectivity index (χ4v) is 5.13. The molecule has 0 bridgehead atoms. The number of rotatable bonds is 2. The molecule has 8 heteroatoms. The summed E-state index contributed by atoms with van der Waals surface area (Å²) in [7, 11) is 0. The van der Waals surface area contributed by atoms with Gasteiger partial charge in [0.25, 0.3) is 0 Å². The van der Waals surface area contributed by atoms with E-state index < -0.39 is 0 Å². The minimum Gasteiger partial charge on any atom is -0.337 e. The topological polar surface area (TPSA) is 78.8 Å². The summed E-state index contributed by atoms with van der Waals surface area (Å²) in [4.78, 5) is 12.2. The monoisotopic (exact) mass is 358 g/mol. The molecule has 0 aromatic carbocycles. The maximum absolute atomic E-state index is 8.87. The molecule has 2 fully saturated rings. The number of aliphatic imine (C=N–C) groups is 2. The van der Waals surface area contributed by atoms with Gasteiger partial charge in [0.05, 0.1) is 11.1 Å². The zero-order chi connectivity index (χ0) is 17.2. The first-order valence-corrected chi connectivity index (χ1v) is 9.65. The molecule has 0 radical (unpaired) electrons. The summed E-state index contributed by atoms with van der Waals surface area (Å²) >= 11 is 3.23. The molecule has 1 aliphatic carbocycles. The lowest BCUT2D eigenvalue weighted by Gasteiger charge is -2.42. The Hall–Kier alpha value is -1.90. The Morgan fingerprint density at radius 1 is 0.875 bits per heavy atom. The lowest BCUT2D eigenvalue weighted by Crippen LogP contribution is -2.50. The summed E-state index contributed by atoms with van der Waals surface area (Å²) in [5.74, 6) is 1.88. The molecule has 2 aliphatic heterocycles. The van der Waals surface area contributed by atoms with Crippen LogP contribution >= 0.6 is 23.5 Å². The number of hydrogen-bond donors (Lipinski definition) is 0. The summed E-state index contributed by atoms with van der Waals surface area (Å²) in [6.45, 7) is 5.99. The summed E-state index contributed by atoms with van der Waals surface area (Å²) in [6, 6.07) is 0. The number of nitrogens with zero attached hydrogens (tertiary/aromatic N) is 6. The molecular formula is C16H18N6S2. The minimum absolute atomic E-state index is 0.294. The van der Waals surface area contributed by atoms with Gasteiger partial charge in [-0.15, -0.1) is 9.98 Å². The Labute approximate surface area is 150 Å². The zero-order valence-corrected chi connectivity index (χ0v) is 15.3. The first-order valence-electron chi connectivity index (χ1n) is 7.68. The highest BCUT2D eigenvalue weighted by Crippen LogP contribution is 2.37.